The van der Waals surface area contributed by atoms with Crippen LogP contribution in [0.2, 0.25) is 0 Å². The summed E-state index contributed by atoms with van der Waals surface area (Å²) < 4.78 is 0. The van der Waals surface area contributed by atoms with Crippen LogP contribution < -0.4 is 11.1 Å². The zero-order chi connectivity index (χ0) is 11.0. The molecule has 3 N–H and O–H groups in total. The van der Waals surface area contributed by atoms with Crippen molar-refractivity contribution in [1.29, 1.82) is 0 Å². The molecule has 4 aliphatic rings. The van der Waals surface area contributed by atoms with Crippen LogP contribution >= 0.6 is 0 Å². The molecule has 16 heavy (non-hydrogen) atoms. The maximum absolute atomic E-state index is 5.55. The normalized spacial score (nSPS) is 45.2. The molecule has 0 spiro atoms. The van der Waals surface area contributed by atoms with Crippen LogP contribution in [-0.2, 0) is 0 Å². The van der Waals surface area contributed by atoms with Gasteiger partial charge in [0, 0.05) is 5.54 Å². The minimum absolute atomic E-state index is 0.559. The first-order chi connectivity index (χ1) is 7.80. The van der Waals surface area contributed by atoms with Crippen LogP contribution in [-0.4, -0.2) is 18.6 Å². The quantitative estimate of drug-likeness (QED) is 0.700. The van der Waals surface area contributed by atoms with Crippen LogP contribution in [0.25, 0.3) is 0 Å². The summed E-state index contributed by atoms with van der Waals surface area (Å²) in [6.45, 7) is 2.05. The molecule has 0 aromatic heterocycles. The van der Waals surface area contributed by atoms with Gasteiger partial charge < -0.3 is 11.1 Å². The molecule has 0 unspecified atom stereocenters. The lowest BCUT2D eigenvalue weighted by Crippen LogP contribution is -2.58. The molecule has 0 aromatic rings. The van der Waals surface area contributed by atoms with Crippen LogP contribution in [0, 0.1) is 17.8 Å². The number of hydrogen-bond acceptors (Lipinski definition) is 2. The van der Waals surface area contributed by atoms with Gasteiger partial charge in [-0.1, -0.05) is 0 Å². The van der Waals surface area contributed by atoms with Gasteiger partial charge in [-0.05, 0) is 82.2 Å². The van der Waals surface area contributed by atoms with E-state index in [0.717, 1.165) is 24.3 Å². The zero-order valence-corrected chi connectivity index (χ0v) is 10.4. The summed E-state index contributed by atoms with van der Waals surface area (Å²) in [5.41, 5.74) is 6.11. The second kappa shape index (κ2) is 4.30. The van der Waals surface area contributed by atoms with Crippen molar-refractivity contribution in [1.82, 2.24) is 5.32 Å². The predicted octanol–water partition coefficient (Wildman–Crippen LogP) is 2.28. The predicted molar refractivity (Wildman–Crippen MR) is 67.2 cm³/mol. The van der Waals surface area contributed by atoms with Gasteiger partial charge >= 0.3 is 0 Å². The third-order valence-electron chi connectivity index (χ3n) is 5.17. The minimum Gasteiger partial charge on any atom is -0.330 e. The molecule has 0 aliphatic heterocycles. The van der Waals surface area contributed by atoms with Crippen molar-refractivity contribution >= 4 is 0 Å². The number of nitrogens with one attached hydrogen (secondary N) is 1. The molecule has 0 radical (unpaired) electrons. The first kappa shape index (κ1) is 11.0. The number of hydrogen-bond donors (Lipinski definition) is 2. The highest BCUT2D eigenvalue weighted by Crippen LogP contribution is 2.55. The van der Waals surface area contributed by atoms with Crippen LogP contribution in [0.15, 0.2) is 0 Å². The van der Waals surface area contributed by atoms with Crippen molar-refractivity contribution in [3.05, 3.63) is 0 Å². The third-order valence-corrected chi connectivity index (χ3v) is 5.17. The molecule has 2 heteroatoms. The van der Waals surface area contributed by atoms with E-state index < -0.39 is 0 Å². The van der Waals surface area contributed by atoms with Crippen LogP contribution in [0.3, 0.4) is 0 Å². The van der Waals surface area contributed by atoms with Gasteiger partial charge in [0.15, 0.2) is 0 Å². The maximum atomic E-state index is 5.55. The Morgan fingerprint density at radius 2 is 1.50 bits per heavy atom. The molecule has 92 valence electrons. The standard InChI is InChI=1S/C14H26N2/c15-3-1-2-4-16-14-8-11-5-12(9-14)7-13(6-11)10-14/h11-13,16H,1-10,15H2. The second-order valence-electron chi connectivity index (χ2n) is 6.62. The van der Waals surface area contributed by atoms with Gasteiger partial charge in [0.05, 0.1) is 0 Å². The summed E-state index contributed by atoms with van der Waals surface area (Å²) in [5, 5.41) is 3.91. The smallest absolute Gasteiger partial charge is 0.0189 e. The SMILES string of the molecule is NCCCCNC12CC3CC(CC(C3)C1)C2. The Hall–Kier alpha value is -0.0800. The Labute approximate surface area is 99.4 Å². The monoisotopic (exact) mass is 222 g/mol. The Kier molecular flexibility index (Phi) is 2.97. The van der Waals surface area contributed by atoms with Gasteiger partial charge in [0.25, 0.3) is 0 Å². The summed E-state index contributed by atoms with van der Waals surface area (Å²) in [6.07, 6.45) is 11.5. The zero-order valence-electron chi connectivity index (χ0n) is 10.4. The van der Waals surface area contributed by atoms with Crippen LogP contribution in [0.5, 0.6) is 0 Å². The molecule has 4 aliphatic carbocycles. The van der Waals surface area contributed by atoms with Gasteiger partial charge in [-0.15, -0.1) is 0 Å². The van der Waals surface area contributed by atoms with Crippen molar-refractivity contribution < 1.29 is 0 Å². The lowest BCUT2D eigenvalue weighted by molar-refractivity contribution is -0.0195. The Bertz CT molecular complexity index is 214. The van der Waals surface area contributed by atoms with E-state index in [4.69, 9.17) is 5.73 Å². The molecule has 4 bridgehead atoms. The van der Waals surface area contributed by atoms with Crippen molar-refractivity contribution in [3.63, 3.8) is 0 Å². The molecule has 0 amide bonds. The fraction of sp³-hybridized carbons (Fsp3) is 1.00. The highest BCUT2D eigenvalue weighted by Gasteiger charge is 2.50. The first-order valence-corrected chi connectivity index (χ1v) is 7.25. The van der Waals surface area contributed by atoms with E-state index in [0.29, 0.717) is 5.54 Å². The fourth-order valence-electron chi connectivity index (χ4n) is 4.95. The van der Waals surface area contributed by atoms with Gasteiger partial charge in [-0.3, -0.25) is 0 Å². The number of rotatable bonds is 5. The van der Waals surface area contributed by atoms with Crippen molar-refractivity contribution in [2.45, 2.75) is 56.9 Å². The first-order valence-electron chi connectivity index (χ1n) is 7.25. The highest BCUT2D eigenvalue weighted by molar-refractivity contribution is 5.06. The molecular weight excluding hydrogens is 196 g/mol. The Morgan fingerprint density at radius 1 is 0.938 bits per heavy atom. The fourth-order valence-corrected chi connectivity index (χ4v) is 4.95. The molecule has 0 saturated heterocycles. The summed E-state index contributed by atoms with van der Waals surface area (Å²) in [4.78, 5) is 0. The van der Waals surface area contributed by atoms with Gasteiger partial charge in [0.2, 0.25) is 0 Å². The average Bonchev–Trinajstić information content (AvgIpc) is 2.22. The van der Waals surface area contributed by atoms with Crippen molar-refractivity contribution in [2.24, 2.45) is 23.5 Å². The Morgan fingerprint density at radius 3 is 2.00 bits per heavy atom. The molecule has 0 atom stereocenters. The van der Waals surface area contributed by atoms with Gasteiger partial charge in [0.1, 0.15) is 0 Å². The van der Waals surface area contributed by atoms with E-state index in [-0.39, 0.29) is 0 Å². The summed E-state index contributed by atoms with van der Waals surface area (Å²) >= 11 is 0. The molecule has 0 aromatic carbocycles. The molecular formula is C14H26N2. The van der Waals surface area contributed by atoms with E-state index in [2.05, 4.69) is 5.32 Å². The molecule has 2 nitrogen and oxygen atoms in total. The number of unbranched alkanes of at least 4 members (excludes halogenated alkanes) is 1. The molecule has 4 fully saturated rings. The van der Waals surface area contributed by atoms with E-state index in [1.165, 1.54) is 38.6 Å². The second-order valence-corrected chi connectivity index (χ2v) is 6.62. The van der Waals surface area contributed by atoms with E-state index in [9.17, 15) is 0 Å². The van der Waals surface area contributed by atoms with Gasteiger partial charge in [-0.2, -0.15) is 0 Å². The van der Waals surface area contributed by atoms with Crippen molar-refractivity contribution in [3.8, 4) is 0 Å². The average molecular weight is 222 g/mol. The molecule has 4 rings (SSSR count). The summed E-state index contributed by atoms with van der Waals surface area (Å²) in [7, 11) is 0. The Balaban J connectivity index is 1.56. The van der Waals surface area contributed by atoms with E-state index >= 15 is 0 Å². The summed E-state index contributed by atoms with van der Waals surface area (Å²) in [6, 6.07) is 0. The molecule has 4 saturated carbocycles. The minimum atomic E-state index is 0.559. The molecule has 0 heterocycles. The largest absolute Gasteiger partial charge is 0.330 e. The lowest BCUT2D eigenvalue weighted by atomic mass is 9.53. The van der Waals surface area contributed by atoms with Crippen LogP contribution in [0.4, 0.5) is 0 Å². The summed E-state index contributed by atoms with van der Waals surface area (Å²) in [5.74, 6) is 3.19. The highest BCUT2D eigenvalue weighted by atomic mass is 15.0. The van der Waals surface area contributed by atoms with Crippen molar-refractivity contribution in [2.75, 3.05) is 13.1 Å². The van der Waals surface area contributed by atoms with Gasteiger partial charge in [-0.25, -0.2) is 0 Å². The third kappa shape index (κ3) is 2.02. The maximum Gasteiger partial charge on any atom is 0.0189 e. The lowest BCUT2D eigenvalue weighted by Gasteiger charge is -2.57. The van der Waals surface area contributed by atoms with E-state index in [1.807, 2.05) is 0 Å². The number of nitrogens with two attached hydrogens (primary N) is 1. The van der Waals surface area contributed by atoms with E-state index in [1.54, 1.807) is 19.3 Å². The van der Waals surface area contributed by atoms with Crippen LogP contribution in [0.1, 0.15) is 51.4 Å². The topological polar surface area (TPSA) is 38.0 Å².